The molecule has 2 heterocycles. The van der Waals surface area contributed by atoms with E-state index in [1.807, 2.05) is 36.4 Å². The number of carbonyl (C=O) groups is 1. The average molecular weight is 508 g/mol. The van der Waals surface area contributed by atoms with Crippen LogP contribution in [0.1, 0.15) is 45.4 Å². The maximum atomic E-state index is 12.4. The first-order valence-electron chi connectivity index (χ1n) is 13.1. The standard InChI is InChI=1S/C29H37N3O5/c1-4-8-21(14-18-31-16-6-5-7-17-31)32(29(33)34)22-9-11-23(12-10-22)37-26-13-15-30-25-20-28(36-3)27(35-2)19-24(25)26/h9-13,15,19-21H,4-8,14,16-18H2,1-3H3,(H,33,34). The molecule has 198 valence electrons. The van der Waals surface area contributed by atoms with Crippen LogP contribution in [0.2, 0.25) is 0 Å². The van der Waals surface area contributed by atoms with E-state index >= 15 is 0 Å². The lowest BCUT2D eigenvalue weighted by molar-refractivity contribution is 0.192. The number of nitrogens with zero attached hydrogens (tertiary/aromatic N) is 3. The Morgan fingerprint density at radius 2 is 1.70 bits per heavy atom. The first-order chi connectivity index (χ1) is 18.0. The molecule has 1 fully saturated rings. The van der Waals surface area contributed by atoms with Gasteiger partial charge in [0.25, 0.3) is 0 Å². The number of ether oxygens (including phenoxy) is 3. The molecule has 1 unspecified atom stereocenters. The number of fused-ring (bicyclic) bond motifs is 1. The summed E-state index contributed by atoms with van der Waals surface area (Å²) in [7, 11) is 3.18. The number of hydrogen-bond donors (Lipinski definition) is 1. The predicted molar refractivity (Wildman–Crippen MR) is 145 cm³/mol. The smallest absolute Gasteiger partial charge is 0.412 e. The summed E-state index contributed by atoms with van der Waals surface area (Å²) in [6.45, 7) is 5.26. The van der Waals surface area contributed by atoms with Crippen LogP contribution in [0.4, 0.5) is 10.5 Å². The van der Waals surface area contributed by atoms with Gasteiger partial charge in [0.2, 0.25) is 0 Å². The molecule has 8 nitrogen and oxygen atoms in total. The summed E-state index contributed by atoms with van der Waals surface area (Å²) in [6.07, 6.45) is 7.10. The van der Waals surface area contributed by atoms with Crippen molar-refractivity contribution in [2.45, 2.75) is 51.5 Å². The Kier molecular flexibility index (Phi) is 9.06. The van der Waals surface area contributed by atoms with E-state index in [-0.39, 0.29) is 6.04 Å². The van der Waals surface area contributed by atoms with Crippen molar-refractivity contribution in [1.29, 1.82) is 0 Å². The molecule has 1 aromatic heterocycles. The third kappa shape index (κ3) is 6.43. The van der Waals surface area contributed by atoms with Crippen molar-refractivity contribution in [2.24, 2.45) is 0 Å². The average Bonchev–Trinajstić information content (AvgIpc) is 2.92. The maximum Gasteiger partial charge on any atom is 0.412 e. The van der Waals surface area contributed by atoms with Crippen molar-refractivity contribution in [3.63, 3.8) is 0 Å². The first kappa shape index (κ1) is 26.5. The SMILES string of the molecule is CCCC(CCN1CCCCC1)N(C(=O)O)c1ccc(Oc2ccnc3cc(OC)c(OC)cc23)cc1. The second kappa shape index (κ2) is 12.6. The Bertz CT molecular complexity index is 1180. The Hall–Kier alpha value is -3.52. The summed E-state index contributed by atoms with van der Waals surface area (Å²) >= 11 is 0. The zero-order chi connectivity index (χ0) is 26.2. The normalized spacial score (nSPS) is 14.8. The molecule has 37 heavy (non-hydrogen) atoms. The molecule has 0 bridgehead atoms. The molecule has 0 radical (unpaired) electrons. The van der Waals surface area contributed by atoms with Crippen LogP contribution in [0.3, 0.4) is 0 Å². The van der Waals surface area contributed by atoms with Gasteiger partial charge in [0.15, 0.2) is 11.5 Å². The molecule has 1 aliphatic rings. The summed E-state index contributed by atoms with van der Waals surface area (Å²) in [6, 6.07) is 12.6. The van der Waals surface area contributed by atoms with E-state index < -0.39 is 6.09 Å². The summed E-state index contributed by atoms with van der Waals surface area (Å²) in [4.78, 5) is 20.8. The van der Waals surface area contributed by atoms with E-state index in [1.54, 1.807) is 26.5 Å². The van der Waals surface area contributed by atoms with E-state index in [4.69, 9.17) is 14.2 Å². The van der Waals surface area contributed by atoms with Gasteiger partial charge in [-0.15, -0.1) is 0 Å². The van der Waals surface area contributed by atoms with Crippen molar-refractivity contribution in [2.75, 3.05) is 38.8 Å². The molecule has 1 N–H and O–H groups in total. The van der Waals surface area contributed by atoms with Crippen molar-refractivity contribution in [3.8, 4) is 23.0 Å². The lowest BCUT2D eigenvalue weighted by Crippen LogP contribution is -2.42. The first-order valence-corrected chi connectivity index (χ1v) is 13.1. The lowest BCUT2D eigenvalue weighted by Gasteiger charge is -2.33. The fourth-order valence-electron chi connectivity index (χ4n) is 5.07. The second-order valence-corrected chi connectivity index (χ2v) is 9.42. The van der Waals surface area contributed by atoms with Gasteiger partial charge in [-0.2, -0.15) is 0 Å². The fourth-order valence-corrected chi connectivity index (χ4v) is 5.07. The summed E-state index contributed by atoms with van der Waals surface area (Å²) in [5.74, 6) is 2.42. The van der Waals surface area contributed by atoms with Crippen molar-refractivity contribution in [1.82, 2.24) is 9.88 Å². The molecule has 1 saturated heterocycles. The van der Waals surface area contributed by atoms with E-state index in [0.717, 1.165) is 49.8 Å². The summed E-state index contributed by atoms with van der Waals surface area (Å²) < 4.78 is 17.0. The zero-order valence-corrected chi connectivity index (χ0v) is 22.0. The van der Waals surface area contributed by atoms with Gasteiger partial charge in [-0.1, -0.05) is 19.8 Å². The van der Waals surface area contributed by atoms with Gasteiger partial charge in [-0.3, -0.25) is 9.88 Å². The van der Waals surface area contributed by atoms with Crippen LogP contribution < -0.4 is 19.1 Å². The minimum atomic E-state index is -0.924. The van der Waals surface area contributed by atoms with Gasteiger partial charge in [-0.05, 0) is 75.2 Å². The number of pyridine rings is 1. The highest BCUT2D eigenvalue weighted by atomic mass is 16.5. The Morgan fingerprint density at radius 3 is 2.35 bits per heavy atom. The molecule has 0 saturated carbocycles. The second-order valence-electron chi connectivity index (χ2n) is 9.42. The van der Waals surface area contributed by atoms with Gasteiger partial charge in [0.1, 0.15) is 11.5 Å². The van der Waals surface area contributed by atoms with Gasteiger partial charge in [-0.25, -0.2) is 4.79 Å². The number of methoxy groups -OCH3 is 2. The number of hydrogen-bond acceptors (Lipinski definition) is 6. The highest BCUT2D eigenvalue weighted by molar-refractivity contribution is 5.89. The molecule has 8 heteroatoms. The van der Waals surface area contributed by atoms with E-state index in [2.05, 4.69) is 16.8 Å². The molecule has 0 spiro atoms. The lowest BCUT2D eigenvalue weighted by atomic mass is 10.0. The zero-order valence-electron chi connectivity index (χ0n) is 22.0. The monoisotopic (exact) mass is 507 g/mol. The Labute approximate surface area is 218 Å². The number of likely N-dealkylation sites (tertiary alicyclic amines) is 1. The number of amides is 1. The largest absolute Gasteiger partial charge is 0.493 e. The molecule has 2 aromatic carbocycles. The topological polar surface area (TPSA) is 84.4 Å². The van der Waals surface area contributed by atoms with Crippen LogP contribution in [0.25, 0.3) is 10.9 Å². The Morgan fingerprint density at radius 1 is 1.00 bits per heavy atom. The van der Waals surface area contributed by atoms with Crippen LogP contribution in [0.5, 0.6) is 23.0 Å². The molecule has 3 aromatic rings. The van der Waals surface area contributed by atoms with Gasteiger partial charge in [0.05, 0.1) is 19.7 Å². The minimum Gasteiger partial charge on any atom is -0.493 e. The van der Waals surface area contributed by atoms with Crippen LogP contribution >= 0.6 is 0 Å². The summed E-state index contributed by atoms with van der Waals surface area (Å²) in [5.41, 5.74) is 1.38. The van der Waals surface area contributed by atoms with Crippen LogP contribution in [0.15, 0.2) is 48.7 Å². The molecule has 1 amide bonds. The van der Waals surface area contributed by atoms with E-state index in [0.29, 0.717) is 28.7 Å². The van der Waals surface area contributed by atoms with E-state index in [9.17, 15) is 9.90 Å². The third-order valence-corrected chi connectivity index (χ3v) is 6.97. The Balaban J connectivity index is 1.53. The van der Waals surface area contributed by atoms with Gasteiger partial charge >= 0.3 is 6.09 Å². The fraction of sp³-hybridized carbons (Fsp3) is 0.448. The van der Waals surface area contributed by atoms with Crippen molar-refractivity contribution >= 4 is 22.7 Å². The molecule has 1 atom stereocenters. The molecular formula is C29H37N3O5. The predicted octanol–water partition coefficient (Wildman–Crippen LogP) is 6.57. The highest BCUT2D eigenvalue weighted by Gasteiger charge is 2.25. The molecule has 4 rings (SSSR count). The molecule has 0 aliphatic carbocycles. The van der Waals surface area contributed by atoms with Crippen molar-refractivity contribution in [3.05, 3.63) is 48.7 Å². The number of benzene rings is 2. The molecule has 1 aliphatic heterocycles. The van der Waals surface area contributed by atoms with Crippen molar-refractivity contribution < 1.29 is 24.1 Å². The number of rotatable bonds is 11. The third-order valence-electron chi connectivity index (χ3n) is 6.97. The van der Waals surface area contributed by atoms with Gasteiger partial charge < -0.3 is 24.2 Å². The van der Waals surface area contributed by atoms with Crippen LogP contribution in [-0.4, -0.2) is 61.0 Å². The highest BCUT2D eigenvalue weighted by Crippen LogP contribution is 2.37. The quantitative estimate of drug-likeness (QED) is 0.314. The summed E-state index contributed by atoms with van der Waals surface area (Å²) in [5, 5.41) is 10.9. The van der Waals surface area contributed by atoms with Crippen LogP contribution in [-0.2, 0) is 0 Å². The number of carboxylic acid groups (broad SMARTS) is 1. The van der Waals surface area contributed by atoms with Crippen LogP contribution in [0, 0.1) is 0 Å². The minimum absolute atomic E-state index is 0.0669. The number of anilines is 1. The number of aromatic nitrogens is 1. The van der Waals surface area contributed by atoms with Gasteiger partial charge in [0, 0.05) is 35.9 Å². The molecular weight excluding hydrogens is 470 g/mol. The maximum absolute atomic E-state index is 12.4. The number of piperidine rings is 1. The van der Waals surface area contributed by atoms with E-state index in [1.165, 1.54) is 24.2 Å².